The Morgan fingerprint density at radius 2 is 2.06 bits per heavy atom. The maximum absolute atomic E-state index is 13.3. The van der Waals surface area contributed by atoms with Gasteiger partial charge >= 0.3 is 11.7 Å². The summed E-state index contributed by atoms with van der Waals surface area (Å²) in [5.41, 5.74) is -2.77. The third-order valence-corrected chi connectivity index (χ3v) is 2.74. The van der Waals surface area contributed by atoms with Crippen molar-refractivity contribution in [2.24, 2.45) is 0 Å². The highest BCUT2D eigenvalue weighted by molar-refractivity contribution is 5.87. The van der Waals surface area contributed by atoms with E-state index in [1.807, 2.05) is 0 Å². The number of nitro groups is 1. The van der Waals surface area contributed by atoms with E-state index in [9.17, 15) is 23.7 Å². The predicted molar refractivity (Wildman–Crippen MR) is 56.2 cm³/mol. The van der Waals surface area contributed by atoms with Crippen molar-refractivity contribution in [2.75, 3.05) is 5.32 Å². The SMILES string of the molecule is O=C(O)C1(Nc2cc(F)cc(F)c2[N+](=O)[O-])CC1. The predicted octanol–water partition coefficient (Wildman–Crippen LogP) is 1.90. The molecule has 2 N–H and O–H groups in total. The molecule has 18 heavy (non-hydrogen) atoms. The maximum atomic E-state index is 13.3. The van der Waals surface area contributed by atoms with Crippen LogP contribution in [0.3, 0.4) is 0 Å². The van der Waals surface area contributed by atoms with Crippen LogP contribution in [0.15, 0.2) is 12.1 Å². The number of nitrogens with zero attached hydrogens (tertiary/aromatic N) is 1. The Morgan fingerprint density at radius 3 is 2.50 bits per heavy atom. The van der Waals surface area contributed by atoms with Crippen molar-refractivity contribution in [3.8, 4) is 0 Å². The van der Waals surface area contributed by atoms with Gasteiger partial charge in [0.1, 0.15) is 17.0 Å². The van der Waals surface area contributed by atoms with Crippen molar-refractivity contribution in [1.29, 1.82) is 0 Å². The molecule has 1 saturated carbocycles. The van der Waals surface area contributed by atoms with Crippen molar-refractivity contribution >= 4 is 17.3 Å². The van der Waals surface area contributed by atoms with Gasteiger partial charge in [-0.2, -0.15) is 4.39 Å². The maximum Gasteiger partial charge on any atom is 0.329 e. The van der Waals surface area contributed by atoms with Crippen LogP contribution in [-0.2, 0) is 4.79 Å². The van der Waals surface area contributed by atoms with Crippen molar-refractivity contribution in [1.82, 2.24) is 0 Å². The Morgan fingerprint density at radius 1 is 1.44 bits per heavy atom. The molecule has 1 aliphatic rings. The van der Waals surface area contributed by atoms with E-state index in [4.69, 9.17) is 5.11 Å². The number of nitro benzene ring substituents is 1. The highest BCUT2D eigenvalue weighted by Gasteiger charge is 2.51. The standard InChI is InChI=1S/C10H8F2N2O4/c11-5-3-6(12)8(14(17)18)7(4-5)13-10(1-2-10)9(15)16/h3-4,13H,1-2H2,(H,15,16). The molecular formula is C10H8F2N2O4. The quantitative estimate of drug-likeness (QED) is 0.635. The number of aliphatic carboxylic acids is 1. The first-order valence-corrected chi connectivity index (χ1v) is 5.01. The number of anilines is 1. The van der Waals surface area contributed by atoms with Gasteiger partial charge in [-0.1, -0.05) is 0 Å². The number of carbonyl (C=O) groups is 1. The van der Waals surface area contributed by atoms with Gasteiger partial charge in [0.05, 0.1) is 4.92 Å². The summed E-state index contributed by atoms with van der Waals surface area (Å²) in [7, 11) is 0. The van der Waals surface area contributed by atoms with Crippen LogP contribution in [-0.4, -0.2) is 21.5 Å². The molecule has 1 fully saturated rings. The Bertz CT molecular complexity index is 543. The first-order chi connectivity index (χ1) is 8.35. The average molecular weight is 258 g/mol. The minimum Gasteiger partial charge on any atom is -0.480 e. The molecule has 96 valence electrons. The fraction of sp³-hybridized carbons (Fsp3) is 0.300. The van der Waals surface area contributed by atoms with Crippen LogP contribution in [0, 0.1) is 21.7 Å². The fourth-order valence-electron chi connectivity index (χ4n) is 1.62. The normalized spacial score (nSPS) is 16.1. The summed E-state index contributed by atoms with van der Waals surface area (Å²) in [6.07, 6.45) is 0.495. The third kappa shape index (κ3) is 1.96. The summed E-state index contributed by atoms with van der Waals surface area (Å²) in [4.78, 5) is 20.6. The van der Waals surface area contributed by atoms with Crippen molar-refractivity contribution in [2.45, 2.75) is 18.4 Å². The highest BCUT2D eigenvalue weighted by Crippen LogP contribution is 2.42. The van der Waals surface area contributed by atoms with E-state index < -0.39 is 39.4 Å². The van der Waals surface area contributed by atoms with Crippen molar-refractivity contribution in [3.05, 3.63) is 33.9 Å². The van der Waals surface area contributed by atoms with Gasteiger partial charge in [0.25, 0.3) is 0 Å². The van der Waals surface area contributed by atoms with Gasteiger partial charge in [-0.25, -0.2) is 9.18 Å². The van der Waals surface area contributed by atoms with Gasteiger partial charge in [-0.15, -0.1) is 0 Å². The largest absolute Gasteiger partial charge is 0.480 e. The summed E-state index contributed by atoms with van der Waals surface area (Å²) in [5, 5.41) is 21.9. The molecule has 1 aromatic rings. The molecular weight excluding hydrogens is 250 g/mol. The molecule has 0 radical (unpaired) electrons. The molecule has 0 unspecified atom stereocenters. The smallest absolute Gasteiger partial charge is 0.329 e. The molecule has 0 saturated heterocycles. The number of nitrogens with one attached hydrogen (secondary N) is 1. The molecule has 2 rings (SSSR count). The van der Waals surface area contributed by atoms with Crippen molar-refractivity contribution < 1.29 is 23.6 Å². The Labute approximate surface area is 99.4 Å². The van der Waals surface area contributed by atoms with E-state index >= 15 is 0 Å². The molecule has 8 heteroatoms. The van der Waals surface area contributed by atoms with E-state index in [1.54, 1.807) is 0 Å². The van der Waals surface area contributed by atoms with Gasteiger partial charge in [-0.05, 0) is 12.8 Å². The molecule has 1 aliphatic carbocycles. The van der Waals surface area contributed by atoms with Crippen LogP contribution in [0.25, 0.3) is 0 Å². The van der Waals surface area contributed by atoms with Crippen LogP contribution >= 0.6 is 0 Å². The fourth-order valence-corrected chi connectivity index (χ4v) is 1.62. The second kappa shape index (κ2) is 3.90. The van der Waals surface area contributed by atoms with E-state index in [1.165, 1.54) is 0 Å². The Kier molecular flexibility index (Phi) is 2.64. The number of carboxylic acids is 1. The molecule has 0 heterocycles. The number of rotatable bonds is 4. The van der Waals surface area contributed by atoms with Crippen molar-refractivity contribution in [3.63, 3.8) is 0 Å². The van der Waals surface area contributed by atoms with Gasteiger partial charge in [0.15, 0.2) is 0 Å². The minimum absolute atomic E-state index is 0.248. The van der Waals surface area contributed by atoms with E-state index in [2.05, 4.69) is 5.32 Å². The molecule has 6 nitrogen and oxygen atoms in total. The van der Waals surface area contributed by atoms with Crippen LogP contribution in [0.1, 0.15) is 12.8 Å². The van der Waals surface area contributed by atoms with Crippen LogP contribution in [0.5, 0.6) is 0 Å². The van der Waals surface area contributed by atoms with Gasteiger partial charge < -0.3 is 10.4 Å². The molecule has 0 spiro atoms. The zero-order valence-electron chi connectivity index (χ0n) is 8.94. The van der Waals surface area contributed by atoms with Crippen LogP contribution in [0.2, 0.25) is 0 Å². The second-order valence-electron chi connectivity index (χ2n) is 4.05. The molecule has 1 aromatic carbocycles. The Balaban J connectivity index is 2.44. The lowest BCUT2D eigenvalue weighted by molar-refractivity contribution is -0.386. The second-order valence-corrected chi connectivity index (χ2v) is 4.05. The number of benzene rings is 1. The lowest BCUT2D eigenvalue weighted by atomic mass is 10.2. The summed E-state index contributed by atoms with van der Waals surface area (Å²) >= 11 is 0. The monoisotopic (exact) mass is 258 g/mol. The number of halogens is 2. The molecule has 0 amide bonds. The van der Waals surface area contributed by atoms with E-state index in [-0.39, 0.29) is 12.8 Å². The lowest BCUT2D eigenvalue weighted by Gasteiger charge is -2.14. The highest BCUT2D eigenvalue weighted by atomic mass is 19.1. The first kappa shape index (κ1) is 12.2. The number of hydrogen-bond donors (Lipinski definition) is 2. The summed E-state index contributed by atoms with van der Waals surface area (Å²) < 4.78 is 26.3. The molecule has 0 aliphatic heterocycles. The van der Waals surface area contributed by atoms with Gasteiger partial charge in [0, 0.05) is 12.1 Å². The van der Waals surface area contributed by atoms with Crippen LogP contribution < -0.4 is 5.32 Å². The number of hydrogen-bond acceptors (Lipinski definition) is 4. The topological polar surface area (TPSA) is 92.5 Å². The van der Waals surface area contributed by atoms with Crippen LogP contribution in [0.4, 0.5) is 20.2 Å². The molecule has 0 bridgehead atoms. The summed E-state index contributed by atoms with van der Waals surface area (Å²) in [5.74, 6) is -3.56. The number of carboxylic acid groups (broad SMARTS) is 1. The third-order valence-electron chi connectivity index (χ3n) is 2.74. The van der Waals surface area contributed by atoms with E-state index in [0.717, 1.165) is 0 Å². The molecule has 0 atom stereocenters. The minimum atomic E-state index is -1.36. The summed E-state index contributed by atoms with van der Waals surface area (Å²) in [6, 6.07) is 1.09. The van der Waals surface area contributed by atoms with E-state index in [0.29, 0.717) is 12.1 Å². The average Bonchev–Trinajstić information content (AvgIpc) is 2.96. The first-order valence-electron chi connectivity index (χ1n) is 5.01. The lowest BCUT2D eigenvalue weighted by Crippen LogP contribution is -2.31. The summed E-state index contributed by atoms with van der Waals surface area (Å²) in [6.45, 7) is 0. The Hall–Kier alpha value is -2.25. The zero-order valence-corrected chi connectivity index (χ0v) is 8.94. The molecule has 0 aromatic heterocycles. The van der Waals surface area contributed by atoms with Gasteiger partial charge in [0.2, 0.25) is 5.82 Å². The van der Waals surface area contributed by atoms with Gasteiger partial charge in [-0.3, -0.25) is 10.1 Å². The zero-order chi connectivity index (χ0) is 13.5.